The molecule has 2 aromatic heterocycles. The second-order valence-electron chi connectivity index (χ2n) is 6.00. The number of nitrogens with one attached hydrogen (secondary N) is 2. The van der Waals surface area contributed by atoms with Crippen molar-refractivity contribution in [3.8, 4) is 0 Å². The number of imidazole rings is 1. The quantitative estimate of drug-likeness (QED) is 0.791. The molecule has 0 saturated carbocycles. The molecule has 0 bridgehead atoms. The zero-order chi connectivity index (χ0) is 16.2. The molecule has 1 amide bonds. The average Bonchev–Trinajstić information content (AvgIpc) is 3.05. The van der Waals surface area contributed by atoms with E-state index in [0.717, 1.165) is 37.3 Å². The number of nitrogens with zero attached hydrogens (tertiary/aromatic N) is 4. The Kier molecular flexibility index (Phi) is 4.55. The molecular formula is C16H22N6O. The van der Waals surface area contributed by atoms with Crippen molar-refractivity contribution < 1.29 is 4.79 Å². The maximum atomic E-state index is 12.1. The van der Waals surface area contributed by atoms with Gasteiger partial charge in [-0.05, 0) is 12.8 Å². The van der Waals surface area contributed by atoms with E-state index in [1.54, 1.807) is 6.20 Å². The average molecular weight is 314 g/mol. The summed E-state index contributed by atoms with van der Waals surface area (Å²) in [5.41, 5.74) is 1.45. The van der Waals surface area contributed by atoms with Gasteiger partial charge >= 0.3 is 0 Å². The maximum absolute atomic E-state index is 12.1. The van der Waals surface area contributed by atoms with Gasteiger partial charge in [0.2, 0.25) is 0 Å². The molecule has 0 atom stereocenters. The molecule has 0 aromatic carbocycles. The van der Waals surface area contributed by atoms with Gasteiger partial charge < -0.3 is 15.2 Å². The van der Waals surface area contributed by atoms with Crippen molar-refractivity contribution in [2.75, 3.05) is 18.4 Å². The molecule has 0 saturated heterocycles. The molecule has 0 spiro atoms. The number of carbonyl (C=O) groups excluding carboxylic acids is 1. The van der Waals surface area contributed by atoms with Crippen LogP contribution in [0.1, 0.15) is 48.1 Å². The number of hydrogen-bond donors (Lipinski definition) is 2. The Morgan fingerprint density at radius 3 is 3.00 bits per heavy atom. The predicted octanol–water partition coefficient (Wildman–Crippen LogP) is 1.58. The van der Waals surface area contributed by atoms with Gasteiger partial charge in [0.05, 0.1) is 6.33 Å². The van der Waals surface area contributed by atoms with E-state index in [1.807, 2.05) is 30.9 Å². The molecule has 7 heteroatoms. The second kappa shape index (κ2) is 6.76. The normalized spacial score (nSPS) is 13.8. The van der Waals surface area contributed by atoms with Gasteiger partial charge in [-0.3, -0.25) is 4.79 Å². The number of amides is 1. The Morgan fingerprint density at radius 1 is 1.39 bits per heavy atom. The van der Waals surface area contributed by atoms with Crippen LogP contribution in [0.3, 0.4) is 0 Å². The van der Waals surface area contributed by atoms with Gasteiger partial charge in [-0.1, -0.05) is 13.8 Å². The highest BCUT2D eigenvalue weighted by Crippen LogP contribution is 2.23. The minimum absolute atomic E-state index is 0.1000. The monoisotopic (exact) mass is 314 g/mol. The summed E-state index contributed by atoms with van der Waals surface area (Å²) in [7, 11) is 0. The molecular weight excluding hydrogens is 292 g/mol. The molecule has 2 N–H and O–H groups in total. The first-order chi connectivity index (χ1) is 11.1. The lowest BCUT2D eigenvalue weighted by molar-refractivity contribution is 0.0940. The van der Waals surface area contributed by atoms with Crippen molar-refractivity contribution in [2.45, 2.75) is 39.2 Å². The first-order valence-electron chi connectivity index (χ1n) is 8.03. The molecule has 122 valence electrons. The van der Waals surface area contributed by atoms with Crippen molar-refractivity contribution in [1.82, 2.24) is 24.8 Å². The van der Waals surface area contributed by atoms with Crippen molar-refractivity contribution in [3.63, 3.8) is 0 Å². The third kappa shape index (κ3) is 3.49. The number of anilines is 1. The highest BCUT2D eigenvalue weighted by Gasteiger charge is 2.24. The lowest BCUT2D eigenvalue weighted by Gasteiger charge is -2.21. The molecule has 0 radical (unpaired) electrons. The van der Waals surface area contributed by atoms with Crippen LogP contribution in [0, 0.1) is 0 Å². The number of fused-ring (bicyclic) bond motifs is 1. The Hall–Kier alpha value is -2.44. The second-order valence-corrected chi connectivity index (χ2v) is 6.00. The van der Waals surface area contributed by atoms with Crippen LogP contribution in [0.2, 0.25) is 0 Å². The standard InChI is InChI=1S/C16H22N6O/c1-11(2)14-20-13-12(4-6-19-16(13)23)15(21-14)18-5-3-8-22-9-7-17-10-22/h7,9-11H,3-6,8H2,1-2H3,(H,19,23)(H,18,20,21). The first kappa shape index (κ1) is 15.5. The van der Waals surface area contributed by atoms with Gasteiger partial charge in [0, 0.05) is 43.5 Å². The van der Waals surface area contributed by atoms with E-state index in [0.29, 0.717) is 18.1 Å². The molecule has 1 aliphatic heterocycles. The highest BCUT2D eigenvalue weighted by atomic mass is 16.1. The number of rotatable bonds is 6. The van der Waals surface area contributed by atoms with Crippen molar-refractivity contribution in [3.05, 3.63) is 35.8 Å². The van der Waals surface area contributed by atoms with E-state index in [1.165, 1.54) is 0 Å². The molecule has 1 aliphatic rings. The largest absolute Gasteiger partial charge is 0.370 e. The van der Waals surface area contributed by atoms with Gasteiger partial charge in [-0.2, -0.15) is 0 Å². The first-order valence-corrected chi connectivity index (χ1v) is 8.03. The molecule has 7 nitrogen and oxygen atoms in total. The number of hydrogen-bond acceptors (Lipinski definition) is 5. The molecule has 3 heterocycles. The van der Waals surface area contributed by atoms with Gasteiger partial charge in [0.15, 0.2) is 0 Å². The molecule has 23 heavy (non-hydrogen) atoms. The van der Waals surface area contributed by atoms with Gasteiger partial charge in [-0.15, -0.1) is 0 Å². The Labute approximate surface area is 135 Å². The van der Waals surface area contributed by atoms with Crippen LogP contribution in [-0.4, -0.2) is 38.5 Å². The highest BCUT2D eigenvalue weighted by molar-refractivity contribution is 5.96. The van der Waals surface area contributed by atoms with Crippen molar-refractivity contribution in [1.29, 1.82) is 0 Å². The number of carbonyl (C=O) groups is 1. The summed E-state index contributed by atoms with van der Waals surface area (Å²) in [4.78, 5) is 25.2. The fourth-order valence-corrected chi connectivity index (χ4v) is 2.60. The van der Waals surface area contributed by atoms with Crippen LogP contribution >= 0.6 is 0 Å². The lowest BCUT2D eigenvalue weighted by atomic mass is 10.1. The fraction of sp³-hybridized carbons (Fsp3) is 0.500. The summed E-state index contributed by atoms with van der Waals surface area (Å²) in [5, 5.41) is 6.24. The summed E-state index contributed by atoms with van der Waals surface area (Å²) in [5.74, 6) is 1.59. The Balaban J connectivity index is 1.73. The van der Waals surface area contributed by atoms with Crippen LogP contribution < -0.4 is 10.6 Å². The molecule has 2 aromatic rings. The van der Waals surface area contributed by atoms with E-state index in [9.17, 15) is 4.79 Å². The van der Waals surface area contributed by atoms with E-state index in [-0.39, 0.29) is 11.8 Å². The molecule has 0 unspecified atom stereocenters. The van der Waals surface area contributed by atoms with E-state index in [4.69, 9.17) is 0 Å². The van der Waals surface area contributed by atoms with Gasteiger partial charge in [-0.25, -0.2) is 15.0 Å². The molecule has 0 fully saturated rings. The van der Waals surface area contributed by atoms with Gasteiger partial charge in [0.25, 0.3) is 5.91 Å². The summed E-state index contributed by atoms with van der Waals surface area (Å²) in [6.07, 6.45) is 7.27. The number of aryl methyl sites for hydroxylation is 1. The zero-order valence-electron chi connectivity index (χ0n) is 13.5. The Morgan fingerprint density at radius 2 is 2.26 bits per heavy atom. The third-order valence-corrected chi connectivity index (χ3v) is 3.86. The van der Waals surface area contributed by atoms with Crippen molar-refractivity contribution in [2.24, 2.45) is 0 Å². The van der Waals surface area contributed by atoms with Crippen molar-refractivity contribution >= 4 is 11.7 Å². The molecule has 3 rings (SSSR count). The maximum Gasteiger partial charge on any atom is 0.270 e. The van der Waals surface area contributed by atoms with E-state index >= 15 is 0 Å². The van der Waals surface area contributed by atoms with Gasteiger partial charge in [0.1, 0.15) is 17.3 Å². The predicted molar refractivity (Wildman–Crippen MR) is 87.5 cm³/mol. The number of aromatic nitrogens is 4. The van der Waals surface area contributed by atoms with Crippen LogP contribution in [0.5, 0.6) is 0 Å². The summed E-state index contributed by atoms with van der Waals surface area (Å²) in [6.45, 7) is 6.40. The third-order valence-electron chi connectivity index (χ3n) is 3.86. The summed E-state index contributed by atoms with van der Waals surface area (Å²) >= 11 is 0. The topological polar surface area (TPSA) is 84.7 Å². The fourth-order valence-electron chi connectivity index (χ4n) is 2.60. The lowest BCUT2D eigenvalue weighted by Crippen LogP contribution is -2.34. The van der Waals surface area contributed by atoms with E-state index in [2.05, 4.69) is 25.6 Å². The molecule has 0 aliphatic carbocycles. The smallest absolute Gasteiger partial charge is 0.270 e. The summed E-state index contributed by atoms with van der Waals surface area (Å²) < 4.78 is 2.05. The van der Waals surface area contributed by atoms with Crippen LogP contribution in [0.4, 0.5) is 5.82 Å². The van der Waals surface area contributed by atoms with Crippen LogP contribution in [0.25, 0.3) is 0 Å². The van der Waals surface area contributed by atoms with E-state index < -0.39 is 0 Å². The zero-order valence-corrected chi connectivity index (χ0v) is 13.5. The SMILES string of the molecule is CC(C)c1nc(NCCCn2ccnc2)c2c(n1)C(=O)NCC2. The van der Waals surface area contributed by atoms with Crippen LogP contribution in [-0.2, 0) is 13.0 Å². The minimum atomic E-state index is -0.1000. The minimum Gasteiger partial charge on any atom is -0.370 e. The summed E-state index contributed by atoms with van der Waals surface area (Å²) in [6, 6.07) is 0. The van der Waals surface area contributed by atoms with Crippen LogP contribution in [0.15, 0.2) is 18.7 Å². The Bertz CT molecular complexity index is 680.